The van der Waals surface area contributed by atoms with Crippen molar-refractivity contribution in [1.29, 1.82) is 0 Å². The van der Waals surface area contributed by atoms with E-state index in [-0.39, 0.29) is 35.5 Å². The van der Waals surface area contributed by atoms with E-state index in [1.54, 1.807) is 0 Å². The molecule has 0 N–H and O–H groups in total. The zero-order valence-electron chi connectivity index (χ0n) is 10.1. The second kappa shape index (κ2) is 3.79. The van der Waals surface area contributed by atoms with Crippen LogP contribution in [0, 0.1) is 23.7 Å². The van der Waals surface area contributed by atoms with Gasteiger partial charge in [-0.15, -0.1) is 0 Å². The van der Waals surface area contributed by atoms with Crippen molar-refractivity contribution >= 4 is 33.4 Å². The lowest BCUT2D eigenvalue weighted by Crippen LogP contribution is -2.32. The fourth-order valence-corrected chi connectivity index (χ4v) is 4.16. The van der Waals surface area contributed by atoms with Gasteiger partial charge in [0.2, 0.25) is 11.8 Å². The highest BCUT2D eigenvalue weighted by molar-refractivity contribution is 9.10. The van der Waals surface area contributed by atoms with Gasteiger partial charge in [0, 0.05) is 4.47 Å². The molecule has 2 bridgehead atoms. The van der Waals surface area contributed by atoms with Crippen LogP contribution in [0.5, 0.6) is 0 Å². The van der Waals surface area contributed by atoms with Crippen LogP contribution < -0.4 is 4.90 Å². The Kier molecular flexibility index (Phi) is 2.28. The third-order valence-corrected chi connectivity index (χ3v) is 5.03. The number of benzene rings is 1. The van der Waals surface area contributed by atoms with E-state index in [1.165, 1.54) is 4.90 Å². The van der Waals surface area contributed by atoms with Crippen molar-refractivity contribution in [2.75, 3.05) is 4.90 Å². The van der Waals surface area contributed by atoms with Gasteiger partial charge in [-0.1, -0.05) is 34.1 Å². The van der Waals surface area contributed by atoms with Gasteiger partial charge in [0.05, 0.1) is 17.5 Å². The topological polar surface area (TPSA) is 37.4 Å². The van der Waals surface area contributed by atoms with Crippen molar-refractivity contribution < 1.29 is 9.59 Å². The fourth-order valence-electron chi connectivity index (χ4n) is 3.77. The van der Waals surface area contributed by atoms with Crippen LogP contribution >= 0.6 is 15.9 Å². The first-order chi connectivity index (χ1) is 9.16. The third kappa shape index (κ3) is 1.43. The largest absolute Gasteiger partial charge is 0.274 e. The third-order valence-electron chi connectivity index (χ3n) is 4.54. The highest BCUT2D eigenvalue weighted by Gasteiger charge is 2.59. The Labute approximate surface area is 119 Å². The van der Waals surface area contributed by atoms with E-state index in [0.29, 0.717) is 5.69 Å². The van der Waals surface area contributed by atoms with Crippen LogP contribution in [0.3, 0.4) is 0 Å². The summed E-state index contributed by atoms with van der Waals surface area (Å²) in [5.74, 6) is 0.241. The molecule has 0 spiro atoms. The minimum atomic E-state index is -0.124. The number of rotatable bonds is 1. The molecule has 1 aromatic rings. The minimum Gasteiger partial charge on any atom is -0.274 e. The Morgan fingerprint density at radius 3 is 2.26 bits per heavy atom. The molecule has 19 heavy (non-hydrogen) atoms. The molecule has 1 saturated heterocycles. The van der Waals surface area contributed by atoms with Crippen LogP contribution in [0.15, 0.2) is 40.9 Å². The van der Waals surface area contributed by atoms with Crippen molar-refractivity contribution in [2.45, 2.75) is 6.42 Å². The van der Waals surface area contributed by atoms with Gasteiger partial charge in [-0.2, -0.15) is 0 Å². The highest BCUT2D eigenvalue weighted by atomic mass is 79.9. The molecule has 4 unspecified atom stereocenters. The molecule has 2 fully saturated rings. The van der Waals surface area contributed by atoms with E-state index >= 15 is 0 Å². The van der Waals surface area contributed by atoms with Gasteiger partial charge in [-0.25, -0.2) is 4.90 Å². The molecular formula is C15H12BrNO2. The first kappa shape index (κ1) is 11.4. The van der Waals surface area contributed by atoms with Gasteiger partial charge >= 0.3 is 0 Å². The molecule has 1 heterocycles. The standard InChI is InChI=1S/C15H12BrNO2/c16-10-2-1-3-11(7-10)17-14(18)12-8-4-5-9(6-8)13(12)15(17)19/h1-5,7-9,12-13H,6H2. The summed E-state index contributed by atoms with van der Waals surface area (Å²) in [5, 5.41) is 0. The molecule has 96 valence electrons. The van der Waals surface area contributed by atoms with Crippen LogP contribution in [0.25, 0.3) is 0 Å². The molecule has 2 amide bonds. The van der Waals surface area contributed by atoms with Gasteiger partial charge in [0.25, 0.3) is 0 Å². The van der Waals surface area contributed by atoms with Crippen LogP contribution in [0.1, 0.15) is 6.42 Å². The number of carbonyl (C=O) groups is 2. The van der Waals surface area contributed by atoms with Crippen molar-refractivity contribution in [3.8, 4) is 0 Å². The number of imide groups is 1. The van der Waals surface area contributed by atoms with Crippen molar-refractivity contribution in [2.24, 2.45) is 23.7 Å². The zero-order chi connectivity index (χ0) is 13.1. The second-order valence-corrected chi connectivity index (χ2v) is 6.41. The van der Waals surface area contributed by atoms with Crippen LogP contribution in [0.4, 0.5) is 5.69 Å². The number of carbonyl (C=O) groups excluding carboxylic acids is 2. The smallest absolute Gasteiger partial charge is 0.238 e. The average molecular weight is 318 g/mol. The monoisotopic (exact) mass is 317 g/mol. The Hall–Kier alpha value is -1.42. The van der Waals surface area contributed by atoms with Gasteiger partial charge < -0.3 is 0 Å². The molecule has 2 aliphatic carbocycles. The number of allylic oxidation sites excluding steroid dienone is 2. The van der Waals surface area contributed by atoms with Gasteiger partial charge in [-0.3, -0.25) is 9.59 Å². The number of hydrogen-bond donors (Lipinski definition) is 0. The lowest BCUT2D eigenvalue weighted by Gasteiger charge is -2.17. The number of amides is 2. The molecule has 1 aliphatic heterocycles. The van der Waals surface area contributed by atoms with E-state index in [2.05, 4.69) is 28.1 Å². The van der Waals surface area contributed by atoms with Crippen LogP contribution in [-0.4, -0.2) is 11.8 Å². The summed E-state index contributed by atoms with van der Waals surface area (Å²) in [5.41, 5.74) is 0.679. The van der Waals surface area contributed by atoms with E-state index in [1.807, 2.05) is 24.3 Å². The number of nitrogens with zero attached hydrogens (tertiary/aromatic N) is 1. The predicted molar refractivity (Wildman–Crippen MR) is 74.4 cm³/mol. The summed E-state index contributed by atoms with van der Waals surface area (Å²) in [6.07, 6.45) is 5.20. The lowest BCUT2D eigenvalue weighted by molar-refractivity contribution is -0.123. The number of halogens is 1. The molecule has 4 rings (SSSR count). The van der Waals surface area contributed by atoms with Crippen molar-refractivity contribution in [1.82, 2.24) is 0 Å². The van der Waals surface area contributed by atoms with Crippen molar-refractivity contribution in [3.05, 3.63) is 40.9 Å². The fraction of sp³-hybridized carbons (Fsp3) is 0.333. The lowest BCUT2D eigenvalue weighted by atomic mass is 9.85. The molecule has 4 atom stereocenters. The summed E-state index contributed by atoms with van der Waals surface area (Å²) in [6, 6.07) is 7.38. The summed E-state index contributed by atoms with van der Waals surface area (Å²) < 4.78 is 0.878. The van der Waals surface area contributed by atoms with E-state index in [9.17, 15) is 9.59 Å². The summed E-state index contributed by atoms with van der Waals surface area (Å²) in [7, 11) is 0. The number of hydrogen-bond acceptors (Lipinski definition) is 2. The molecule has 0 aromatic heterocycles. The maximum absolute atomic E-state index is 12.6. The van der Waals surface area contributed by atoms with Gasteiger partial charge in [-0.05, 0) is 36.5 Å². The molecule has 1 saturated carbocycles. The predicted octanol–water partition coefficient (Wildman–Crippen LogP) is 2.76. The number of anilines is 1. The SMILES string of the molecule is O=C1C2C3C=CC(C3)C2C(=O)N1c1cccc(Br)c1. The Morgan fingerprint density at radius 1 is 1.05 bits per heavy atom. The average Bonchev–Trinajstić information content (AvgIpc) is 3.04. The molecular weight excluding hydrogens is 306 g/mol. The first-order valence-electron chi connectivity index (χ1n) is 6.48. The Bertz CT molecular complexity index is 594. The van der Waals surface area contributed by atoms with Gasteiger partial charge in [0.1, 0.15) is 0 Å². The van der Waals surface area contributed by atoms with Gasteiger partial charge in [0.15, 0.2) is 0 Å². The normalized spacial score (nSPS) is 35.3. The summed E-state index contributed by atoms with van der Waals surface area (Å²) in [4.78, 5) is 26.5. The second-order valence-electron chi connectivity index (χ2n) is 5.49. The van der Waals surface area contributed by atoms with E-state index in [4.69, 9.17) is 0 Å². The summed E-state index contributed by atoms with van der Waals surface area (Å²) in [6.45, 7) is 0. The minimum absolute atomic E-state index is 0.0232. The highest BCUT2D eigenvalue weighted by Crippen LogP contribution is 2.53. The number of fused-ring (bicyclic) bond motifs is 5. The molecule has 4 heteroatoms. The quantitative estimate of drug-likeness (QED) is 0.590. The van der Waals surface area contributed by atoms with E-state index < -0.39 is 0 Å². The Balaban J connectivity index is 1.77. The van der Waals surface area contributed by atoms with Crippen LogP contribution in [-0.2, 0) is 9.59 Å². The zero-order valence-corrected chi connectivity index (χ0v) is 11.7. The van der Waals surface area contributed by atoms with Crippen molar-refractivity contribution in [3.63, 3.8) is 0 Å². The maximum atomic E-state index is 12.6. The Morgan fingerprint density at radius 2 is 1.68 bits per heavy atom. The maximum Gasteiger partial charge on any atom is 0.238 e. The molecule has 3 aliphatic rings. The first-order valence-corrected chi connectivity index (χ1v) is 7.28. The van der Waals surface area contributed by atoms with E-state index in [0.717, 1.165) is 10.9 Å². The van der Waals surface area contributed by atoms with Crippen LogP contribution in [0.2, 0.25) is 0 Å². The molecule has 0 radical (unpaired) electrons. The molecule has 3 nitrogen and oxygen atoms in total. The summed E-state index contributed by atoms with van der Waals surface area (Å²) >= 11 is 3.38. The molecule has 1 aromatic carbocycles.